The summed E-state index contributed by atoms with van der Waals surface area (Å²) in [4.78, 5) is 21.3. The lowest BCUT2D eigenvalue weighted by atomic mass is 9.91. The van der Waals surface area contributed by atoms with Gasteiger partial charge in [-0.2, -0.15) is 5.26 Å². The van der Waals surface area contributed by atoms with Crippen LogP contribution in [0.5, 0.6) is 11.5 Å². The molecule has 1 atom stereocenters. The normalized spacial score (nSPS) is 16.6. The van der Waals surface area contributed by atoms with Gasteiger partial charge in [0.05, 0.1) is 31.7 Å². The zero-order valence-electron chi connectivity index (χ0n) is 22.5. The molecule has 1 heterocycles. The number of halogens is 1. The lowest BCUT2D eigenvalue weighted by Crippen LogP contribution is -2.48. The summed E-state index contributed by atoms with van der Waals surface area (Å²) in [6.45, 7) is 1.81. The van der Waals surface area contributed by atoms with Crippen molar-refractivity contribution in [2.75, 3.05) is 19.1 Å². The summed E-state index contributed by atoms with van der Waals surface area (Å²) < 4.78 is 10.8. The average Bonchev–Trinajstić information content (AvgIpc) is 3.11. The number of rotatable bonds is 7. The van der Waals surface area contributed by atoms with Crippen molar-refractivity contribution in [1.29, 1.82) is 5.26 Å². The van der Waals surface area contributed by atoms with E-state index in [-0.39, 0.29) is 6.42 Å². The Morgan fingerprint density at radius 2 is 1.48 bits per heavy atom. The van der Waals surface area contributed by atoms with Gasteiger partial charge in [0, 0.05) is 16.1 Å². The Balaban J connectivity index is 1.83. The lowest BCUT2D eigenvalue weighted by Gasteiger charge is -2.36. The SMILES string of the molecule is CC[C@]1(C#N)N=C(c2ccccc2)c2cc(Cl)ccc2N(C(c2ccc(OC)cc2)c2ccc(OC)cc2)C1=O. The molecule has 7 heteroatoms. The van der Waals surface area contributed by atoms with Crippen LogP contribution in [0.2, 0.25) is 5.02 Å². The number of nitriles is 1. The van der Waals surface area contributed by atoms with E-state index >= 15 is 0 Å². The van der Waals surface area contributed by atoms with Crippen LogP contribution in [0.3, 0.4) is 0 Å². The largest absolute Gasteiger partial charge is 0.497 e. The summed E-state index contributed by atoms with van der Waals surface area (Å²) >= 11 is 6.53. The highest BCUT2D eigenvalue weighted by molar-refractivity contribution is 6.32. The number of amides is 1. The first kappa shape index (κ1) is 27.0. The molecule has 0 bridgehead atoms. The van der Waals surface area contributed by atoms with Crippen molar-refractivity contribution in [2.24, 2.45) is 4.99 Å². The highest BCUT2D eigenvalue weighted by Crippen LogP contribution is 2.42. The second-order valence-electron chi connectivity index (χ2n) is 9.44. The predicted octanol–water partition coefficient (Wildman–Crippen LogP) is 7.00. The first-order chi connectivity index (χ1) is 19.4. The first-order valence-corrected chi connectivity index (χ1v) is 13.3. The molecule has 0 saturated heterocycles. The van der Waals surface area contributed by atoms with Crippen LogP contribution in [0.25, 0.3) is 0 Å². The zero-order chi connectivity index (χ0) is 28.3. The number of carbonyl (C=O) groups excluding carboxylic acids is 1. The number of hydrogen-bond acceptors (Lipinski definition) is 5. The smallest absolute Gasteiger partial charge is 0.270 e. The van der Waals surface area contributed by atoms with Crippen molar-refractivity contribution < 1.29 is 14.3 Å². The molecule has 4 aromatic rings. The second kappa shape index (κ2) is 11.3. The minimum Gasteiger partial charge on any atom is -0.497 e. The van der Waals surface area contributed by atoms with Gasteiger partial charge in [-0.15, -0.1) is 0 Å². The number of carbonyl (C=O) groups is 1. The molecule has 5 rings (SSSR count). The van der Waals surface area contributed by atoms with Gasteiger partial charge in [-0.3, -0.25) is 14.7 Å². The van der Waals surface area contributed by atoms with Crippen LogP contribution in [-0.4, -0.2) is 31.4 Å². The summed E-state index contributed by atoms with van der Waals surface area (Å²) in [5, 5.41) is 11.0. The van der Waals surface area contributed by atoms with E-state index in [2.05, 4.69) is 6.07 Å². The van der Waals surface area contributed by atoms with Gasteiger partial charge in [0.2, 0.25) is 5.54 Å². The van der Waals surface area contributed by atoms with Gasteiger partial charge in [0.25, 0.3) is 5.91 Å². The second-order valence-corrected chi connectivity index (χ2v) is 9.87. The maximum Gasteiger partial charge on any atom is 0.270 e. The summed E-state index contributed by atoms with van der Waals surface area (Å²) in [7, 11) is 3.22. The van der Waals surface area contributed by atoms with Crippen molar-refractivity contribution in [3.8, 4) is 17.6 Å². The van der Waals surface area contributed by atoms with Crippen molar-refractivity contribution in [3.63, 3.8) is 0 Å². The van der Waals surface area contributed by atoms with Crippen LogP contribution in [0.15, 0.2) is 102 Å². The number of benzodiazepines with no additional fused rings is 1. The van der Waals surface area contributed by atoms with E-state index in [9.17, 15) is 10.1 Å². The fraction of sp³-hybridized carbons (Fsp3) is 0.182. The number of benzene rings is 4. The van der Waals surface area contributed by atoms with Gasteiger partial charge in [0.1, 0.15) is 17.6 Å². The zero-order valence-corrected chi connectivity index (χ0v) is 23.2. The summed E-state index contributed by atoms with van der Waals surface area (Å²) in [5.41, 5.74) is 2.63. The molecule has 0 fully saturated rings. The maximum absolute atomic E-state index is 14.7. The number of fused-ring (bicyclic) bond motifs is 1. The molecule has 40 heavy (non-hydrogen) atoms. The molecule has 0 aromatic heterocycles. The topological polar surface area (TPSA) is 74.9 Å². The molecule has 1 aliphatic heterocycles. The Hall–Kier alpha value is -4.60. The Morgan fingerprint density at radius 3 is 1.98 bits per heavy atom. The molecule has 0 saturated carbocycles. The Kier molecular flexibility index (Phi) is 7.59. The summed E-state index contributed by atoms with van der Waals surface area (Å²) in [5.74, 6) is 0.978. The van der Waals surface area contributed by atoms with E-state index in [1.165, 1.54) is 0 Å². The van der Waals surface area contributed by atoms with Crippen LogP contribution >= 0.6 is 11.6 Å². The van der Waals surface area contributed by atoms with E-state index in [4.69, 9.17) is 26.1 Å². The molecule has 0 unspecified atom stereocenters. The molecule has 1 aliphatic rings. The van der Waals surface area contributed by atoms with Crippen LogP contribution in [0.4, 0.5) is 5.69 Å². The molecule has 6 nitrogen and oxygen atoms in total. The Labute approximate surface area is 239 Å². The molecular formula is C33H28ClN3O3. The average molecular weight is 550 g/mol. The fourth-order valence-electron chi connectivity index (χ4n) is 5.03. The Bertz CT molecular complexity index is 1550. The Morgan fingerprint density at radius 1 is 0.900 bits per heavy atom. The van der Waals surface area contributed by atoms with Gasteiger partial charge < -0.3 is 9.47 Å². The summed E-state index contributed by atoms with van der Waals surface area (Å²) in [6, 6.07) is 31.8. The molecule has 0 spiro atoms. The highest BCUT2D eigenvalue weighted by atomic mass is 35.5. The van der Waals surface area contributed by atoms with Crippen molar-refractivity contribution in [1.82, 2.24) is 0 Å². The molecule has 0 aliphatic carbocycles. The van der Waals surface area contributed by atoms with E-state index in [1.54, 1.807) is 25.2 Å². The standard InChI is InChI=1S/C33H28ClN3O3/c1-4-33(21-35)32(38)37(29-19-14-25(34)20-28(29)30(36-33)22-8-6-5-7-9-22)31(23-10-15-26(39-2)16-11-23)24-12-17-27(40-3)18-13-24/h5-20,31H,4H2,1-3H3/t33-/m1/s1. The third kappa shape index (κ3) is 4.81. The van der Waals surface area contributed by atoms with E-state index < -0.39 is 17.5 Å². The van der Waals surface area contributed by atoms with Crippen molar-refractivity contribution in [2.45, 2.75) is 24.9 Å². The van der Waals surface area contributed by atoms with Crippen LogP contribution in [0, 0.1) is 11.3 Å². The minimum atomic E-state index is -1.66. The molecular weight excluding hydrogens is 522 g/mol. The molecule has 0 radical (unpaired) electrons. The number of anilines is 1. The fourth-order valence-corrected chi connectivity index (χ4v) is 5.21. The molecule has 200 valence electrons. The van der Waals surface area contributed by atoms with Crippen LogP contribution < -0.4 is 14.4 Å². The van der Waals surface area contributed by atoms with Gasteiger partial charge in [-0.05, 0) is 60.0 Å². The monoisotopic (exact) mass is 549 g/mol. The first-order valence-electron chi connectivity index (χ1n) is 12.9. The summed E-state index contributed by atoms with van der Waals surface area (Å²) in [6.07, 6.45) is 0.189. The third-order valence-corrected chi connectivity index (χ3v) is 7.45. The number of nitrogens with zero attached hydrogens (tertiary/aromatic N) is 3. The van der Waals surface area contributed by atoms with Gasteiger partial charge in [-0.25, -0.2) is 0 Å². The number of methoxy groups -OCH3 is 2. The number of hydrogen-bond donors (Lipinski definition) is 0. The lowest BCUT2D eigenvalue weighted by molar-refractivity contribution is -0.122. The third-order valence-electron chi connectivity index (χ3n) is 7.21. The van der Waals surface area contributed by atoms with E-state index in [0.717, 1.165) is 16.7 Å². The quantitative estimate of drug-likeness (QED) is 0.249. The van der Waals surface area contributed by atoms with Gasteiger partial charge >= 0.3 is 0 Å². The number of aliphatic imine (C=N–C) groups is 1. The van der Waals surface area contributed by atoms with Crippen molar-refractivity contribution in [3.05, 3.63) is 124 Å². The molecule has 1 amide bonds. The maximum atomic E-state index is 14.7. The van der Waals surface area contributed by atoms with Crippen LogP contribution in [0.1, 0.15) is 41.6 Å². The highest BCUT2D eigenvalue weighted by Gasteiger charge is 2.47. The predicted molar refractivity (Wildman–Crippen MR) is 157 cm³/mol. The van der Waals surface area contributed by atoms with Crippen molar-refractivity contribution >= 4 is 28.9 Å². The van der Waals surface area contributed by atoms with Gasteiger partial charge in [0.15, 0.2) is 0 Å². The van der Waals surface area contributed by atoms with Crippen LogP contribution in [-0.2, 0) is 4.79 Å². The molecule has 0 N–H and O–H groups in total. The minimum absolute atomic E-state index is 0.189. The number of ether oxygens (including phenoxy) is 2. The van der Waals surface area contributed by atoms with E-state index in [1.807, 2.05) is 97.9 Å². The van der Waals surface area contributed by atoms with Gasteiger partial charge in [-0.1, -0.05) is 73.1 Å². The van der Waals surface area contributed by atoms with E-state index in [0.29, 0.717) is 33.5 Å². The molecule has 4 aromatic carbocycles.